The molecular weight excluding hydrogens is 199 g/mol. The van der Waals surface area contributed by atoms with E-state index in [9.17, 15) is 22.8 Å². The van der Waals surface area contributed by atoms with Crippen LogP contribution in [0.1, 0.15) is 12.8 Å². The van der Waals surface area contributed by atoms with Crippen LogP contribution in [0.15, 0.2) is 11.8 Å². The molecule has 0 bridgehead atoms. The molecule has 1 rings (SSSR count). The predicted molar refractivity (Wildman–Crippen MR) is 41.1 cm³/mol. The Kier molecular flexibility index (Phi) is 2.64. The van der Waals surface area contributed by atoms with Crippen molar-refractivity contribution in [3.8, 4) is 0 Å². The van der Waals surface area contributed by atoms with Crippen LogP contribution in [-0.2, 0) is 9.59 Å². The number of alkyl halides is 3. The van der Waals surface area contributed by atoms with Crippen LogP contribution >= 0.6 is 0 Å². The molecule has 0 saturated heterocycles. The summed E-state index contributed by atoms with van der Waals surface area (Å²) in [6.45, 7) is 0. The van der Waals surface area contributed by atoms with Crippen molar-refractivity contribution < 1.29 is 22.8 Å². The van der Waals surface area contributed by atoms with Gasteiger partial charge in [0.15, 0.2) is 0 Å². The molecule has 3 nitrogen and oxygen atoms in total. The second kappa shape index (κ2) is 3.43. The molecule has 0 unspecified atom stereocenters. The lowest BCUT2D eigenvalue weighted by atomic mass is 10.0. The number of allylic oxidation sites excluding steroid dienone is 1. The van der Waals surface area contributed by atoms with Gasteiger partial charge >= 0.3 is 6.18 Å². The Hall–Kier alpha value is -1.33. The summed E-state index contributed by atoms with van der Waals surface area (Å²) in [5.41, 5.74) is -0.361. The Morgan fingerprint density at radius 3 is 2.43 bits per heavy atom. The van der Waals surface area contributed by atoms with Crippen LogP contribution in [0.25, 0.3) is 0 Å². The van der Waals surface area contributed by atoms with Crippen LogP contribution in [0.3, 0.4) is 0 Å². The van der Waals surface area contributed by atoms with Gasteiger partial charge in [-0.1, -0.05) is 0 Å². The first-order valence-electron chi connectivity index (χ1n) is 3.90. The Morgan fingerprint density at radius 2 is 2.00 bits per heavy atom. The highest BCUT2D eigenvalue weighted by Crippen LogP contribution is 2.25. The lowest BCUT2D eigenvalue weighted by molar-refractivity contribution is -0.167. The summed E-state index contributed by atoms with van der Waals surface area (Å²) >= 11 is 0. The molecule has 1 aliphatic rings. The molecule has 0 radical (unpaired) electrons. The quantitative estimate of drug-likeness (QED) is 0.649. The third-order valence-corrected chi connectivity index (χ3v) is 1.90. The minimum absolute atomic E-state index is 0.0514. The summed E-state index contributed by atoms with van der Waals surface area (Å²) in [7, 11) is 1.32. The molecule has 6 heteroatoms. The number of hydrogen-bond donors (Lipinski definition) is 0. The van der Waals surface area contributed by atoms with E-state index >= 15 is 0 Å². The van der Waals surface area contributed by atoms with Gasteiger partial charge in [0.2, 0.25) is 5.91 Å². The van der Waals surface area contributed by atoms with Gasteiger partial charge < -0.3 is 4.90 Å². The predicted octanol–water partition coefficient (Wildman–Crippen LogP) is 1.25. The number of carbonyl (C=O) groups is 2. The third kappa shape index (κ3) is 2.12. The fourth-order valence-corrected chi connectivity index (χ4v) is 1.14. The Balaban J connectivity index is 2.86. The van der Waals surface area contributed by atoms with E-state index in [0.717, 1.165) is 11.1 Å². The van der Waals surface area contributed by atoms with Crippen molar-refractivity contribution in [3.63, 3.8) is 0 Å². The SMILES string of the molecule is CN1C=C(C(=O)C(F)(F)F)CCC1=O. The van der Waals surface area contributed by atoms with E-state index < -0.39 is 12.0 Å². The summed E-state index contributed by atoms with van der Waals surface area (Å²) in [5, 5.41) is 0. The highest BCUT2D eigenvalue weighted by molar-refractivity contribution is 6.01. The largest absolute Gasteiger partial charge is 0.454 e. The van der Waals surface area contributed by atoms with E-state index in [0.29, 0.717) is 0 Å². The van der Waals surface area contributed by atoms with Gasteiger partial charge in [-0.2, -0.15) is 13.2 Å². The van der Waals surface area contributed by atoms with Gasteiger partial charge in [-0.25, -0.2) is 0 Å². The number of nitrogens with zero attached hydrogens (tertiary/aromatic N) is 1. The van der Waals surface area contributed by atoms with Gasteiger partial charge in [-0.3, -0.25) is 9.59 Å². The van der Waals surface area contributed by atoms with Crippen LogP contribution < -0.4 is 0 Å². The van der Waals surface area contributed by atoms with Crippen molar-refractivity contribution in [3.05, 3.63) is 11.8 Å². The van der Waals surface area contributed by atoms with Crippen LogP contribution in [-0.4, -0.2) is 29.8 Å². The number of rotatable bonds is 1. The zero-order valence-corrected chi connectivity index (χ0v) is 7.39. The maximum Gasteiger partial charge on any atom is 0.454 e. The number of carbonyl (C=O) groups excluding carboxylic acids is 2. The highest BCUT2D eigenvalue weighted by atomic mass is 19.4. The summed E-state index contributed by atoms with van der Waals surface area (Å²) in [6, 6.07) is 0. The topological polar surface area (TPSA) is 37.4 Å². The molecule has 0 saturated carbocycles. The minimum atomic E-state index is -4.85. The van der Waals surface area contributed by atoms with Crippen molar-refractivity contribution in [1.29, 1.82) is 0 Å². The van der Waals surface area contributed by atoms with Crippen molar-refractivity contribution in [1.82, 2.24) is 4.90 Å². The molecular formula is C8H8F3NO2. The second-order valence-corrected chi connectivity index (χ2v) is 2.99. The second-order valence-electron chi connectivity index (χ2n) is 2.99. The average molecular weight is 207 g/mol. The van der Waals surface area contributed by atoms with Gasteiger partial charge in [-0.15, -0.1) is 0 Å². The molecule has 14 heavy (non-hydrogen) atoms. The van der Waals surface area contributed by atoms with Crippen molar-refractivity contribution in [2.75, 3.05) is 7.05 Å². The van der Waals surface area contributed by atoms with Gasteiger partial charge in [-0.05, 0) is 6.42 Å². The van der Waals surface area contributed by atoms with Crippen LogP contribution in [0.4, 0.5) is 13.2 Å². The molecule has 0 aliphatic carbocycles. The Morgan fingerprint density at radius 1 is 1.43 bits per heavy atom. The maximum absolute atomic E-state index is 12.0. The summed E-state index contributed by atoms with van der Waals surface area (Å²) in [6.07, 6.45) is -4.10. The molecule has 0 fully saturated rings. The maximum atomic E-state index is 12.0. The molecule has 0 aromatic rings. The third-order valence-electron chi connectivity index (χ3n) is 1.90. The number of hydrogen-bond acceptors (Lipinski definition) is 2. The highest BCUT2D eigenvalue weighted by Gasteiger charge is 2.41. The summed E-state index contributed by atoms with van der Waals surface area (Å²) < 4.78 is 35.9. The molecule has 0 N–H and O–H groups in total. The van der Waals surface area contributed by atoms with Crippen molar-refractivity contribution in [2.45, 2.75) is 19.0 Å². The number of amides is 1. The van der Waals surface area contributed by atoms with Crippen LogP contribution in [0, 0.1) is 0 Å². The van der Waals surface area contributed by atoms with Gasteiger partial charge in [0.25, 0.3) is 5.78 Å². The van der Waals surface area contributed by atoms with Gasteiger partial charge in [0.1, 0.15) is 0 Å². The first kappa shape index (κ1) is 10.7. The summed E-state index contributed by atoms with van der Waals surface area (Å²) in [4.78, 5) is 22.6. The molecule has 1 aliphatic heterocycles. The van der Waals surface area contributed by atoms with Crippen molar-refractivity contribution in [2.24, 2.45) is 0 Å². The monoisotopic (exact) mass is 207 g/mol. The summed E-state index contributed by atoms with van der Waals surface area (Å²) in [5.74, 6) is -2.15. The fourth-order valence-electron chi connectivity index (χ4n) is 1.14. The number of Topliss-reactive ketones (excluding diaryl/α,β-unsaturated/α-hetero) is 1. The molecule has 0 spiro atoms. The van der Waals surface area contributed by atoms with E-state index in [-0.39, 0.29) is 24.3 Å². The first-order chi connectivity index (χ1) is 6.32. The van der Waals surface area contributed by atoms with Gasteiger partial charge in [0, 0.05) is 25.2 Å². The molecule has 78 valence electrons. The van der Waals surface area contributed by atoms with Crippen LogP contribution in [0.5, 0.6) is 0 Å². The van der Waals surface area contributed by atoms with E-state index in [1.54, 1.807) is 0 Å². The fraction of sp³-hybridized carbons (Fsp3) is 0.500. The lowest BCUT2D eigenvalue weighted by Crippen LogP contribution is -2.31. The number of ketones is 1. The zero-order valence-electron chi connectivity index (χ0n) is 7.39. The van der Waals surface area contributed by atoms with Gasteiger partial charge in [0.05, 0.1) is 0 Å². The zero-order chi connectivity index (χ0) is 10.9. The molecule has 0 atom stereocenters. The van der Waals surface area contributed by atoms with E-state index in [4.69, 9.17) is 0 Å². The normalized spacial score (nSPS) is 18.1. The first-order valence-corrected chi connectivity index (χ1v) is 3.90. The minimum Gasteiger partial charge on any atom is -0.322 e. The smallest absolute Gasteiger partial charge is 0.322 e. The molecule has 1 heterocycles. The molecule has 1 amide bonds. The van der Waals surface area contributed by atoms with E-state index in [1.807, 2.05) is 0 Å². The Labute approximate surface area is 78.2 Å². The van der Waals surface area contributed by atoms with Crippen LogP contribution in [0.2, 0.25) is 0 Å². The standard InChI is InChI=1S/C8H8F3NO2/c1-12-4-5(2-3-6(12)13)7(14)8(9,10)11/h4H,2-3H2,1H3. The van der Waals surface area contributed by atoms with Crippen molar-refractivity contribution >= 4 is 11.7 Å². The average Bonchev–Trinajstić information content (AvgIpc) is 2.07. The molecule has 0 aromatic carbocycles. The molecule has 0 aromatic heterocycles. The Bertz CT molecular complexity index is 306. The number of halogens is 3. The van der Waals surface area contributed by atoms with E-state index in [1.165, 1.54) is 7.05 Å². The lowest BCUT2D eigenvalue weighted by Gasteiger charge is -2.20. The van der Waals surface area contributed by atoms with E-state index in [2.05, 4.69) is 0 Å².